The van der Waals surface area contributed by atoms with E-state index >= 15 is 0 Å². The van der Waals surface area contributed by atoms with Crippen LogP contribution in [0.2, 0.25) is 0 Å². The van der Waals surface area contributed by atoms with Crippen LogP contribution in [0.1, 0.15) is 45.3 Å². The molecule has 11 nitrogen and oxygen atoms in total. The number of rotatable bonds is 10. The number of aromatic nitrogens is 4. The van der Waals surface area contributed by atoms with E-state index < -0.39 is 0 Å². The second-order valence-corrected chi connectivity index (χ2v) is 11.7. The van der Waals surface area contributed by atoms with E-state index in [2.05, 4.69) is 41.3 Å². The maximum absolute atomic E-state index is 13.1. The number of imidazole rings is 1. The minimum Gasteiger partial charge on any atom is -0.497 e. The van der Waals surface area contributed by atoms with Crippen LogP contribution in [0.3, 0.4) is 0 Å². The van der Waals surface area contributed by atoms with Gasteiger partial charge in [-0.05, 0) is 49.2 Å². The Morgan fingerprint density at radius 3 is 2.50 bits per heavy atom. The van der Waals surface area contributed by atoms with Gasteiger partial charge in [-0.15, -0.1) is 0 Å². The normalized spacial score (nSPS) is 14.8. The monoisotopic (exact) mass is 574 g/mol. The lowest BCUT2D eigenvalue weighted by molar-refractivity contribution is 0.0924. The van der Waals surface area contributed by atoms with Gasteiger partial charge in [-0.3, -0.25) is 9.88 Å². The predicted molar refractivity (Wildman–Crippen MR) is 166 cm³/mol. The van der Waals surface area contributed by atoms with Crippen molar-refractivity contribution in [3.8, 4) is 11.4 Å². The van der Waals surface area contributed by atoms with Crippen molar-refractivity contribution < 1.29 is 14.3 Å². The Hall–Kier alpha value is -3.93. The molecule has 4 N–H and O–H groups in total. The summed E-state index contributed by atoms with van der Waals surface area (Å²) in [6, 6.07) is 15.4. The Kier molecular flexibility index (Phi) is 9.10. The molecule has 3 heterocycles. The van der Waals surface area contributed by atoms with E-state index in [1.165, 1.54) is 0 Å². The molecule has 1 aliphatic heterocycles. The molecule has 2 amide bonds. The van der Waals surface area contributed by atoms with Crippen LogP contribution in [-0.2, 0) is 10.2 Å². The molecule has 0 spiro atoms. The molecule has 0 unspecified atom stereocenters. The zero-order valence-electron chi connectivity index (χ0n) is 25.0. The molecule has 0 aliphatic carbocycles. The number of urea groups is 1. The third-order valence-electron chi connectivity index (χ3n) is 7.62. The molecule has 4 aromatic rings. The summed E-state index contributed by atoms with van der Waals surface area (Å²) in [5.41, 5.74) is 9.78. The van der Waals surface area contributed by atoms with Crippen LogP contribution in [0, 0.1) is 0 Å². The number of methoxy groups -OCH3 is 1. The van der Waals surface area contributed by atoms with Gasteiger partial charge in [0.05, 0.1) is 43.1 Å². The number of nitrogens with two attached hydrogens (primary N) is 1. The Morgan fingerprint density at radius 2 is 1.81 bits per heavy atom. The van der Waals surface area contributed by atoms with Gasteiger partial charge in [-0.25, -0.2) is 14.5 Å². The molecular weight excluding hydrogens is 532 g/mol. The summed E-state index contributed by atoms with van der Waals surface area (Å²) in [4.78, 5) is 20.0. The van der Waals surface area contributed by atoms with Gasteiger partial charge < -0.3 is 25.4 Å². The van der Waals surface area contributed by atoms with Crippen LogP contribution in [0.25, 0.3) is 16.7 Å². The van der Waals surface area contributed by atoms with Crippen molar-refractivity contribution >= 4 is 28.6 Å². The molecule has 1 saturated heterocycles. The van der Waals surface area contributed by atoms with Gasteiger partial charge in [0.2, 0.25) is 0 Å². The molecule has 2 aromatic carbocycles. The number of ether oxygens (including phenoxy) is 2. The predicted octanol–water partition coefficient (Wildman–Crippen LogP) is 4.78. The Morgan fingerprint density at radius 1 is 1.05 bits per heavy atom. The quantitative estimate of drug-likeness (QED) is 0.233. The van der Waals surface area contributed by atoms with E-state index in [4.69, 9.17) is 20.3 Å². The second-order valence-electron chi connectivity index (χ2n) is 11.7. The molecule has 2 aromatic heterocycles. The molecule has 224 valence electrons. The highest BCUT2D eigenvalue weighted by atomic mass is 16.5. The summed E-state index contributed by atoms with van der Waals surface area (Å²) in [6.07, 6.45) is 3.69. The van der Waals surface area contributed by atoms with E-state index in [1.54, 1.807) is 13.4 Å². The largest absolute Gasteiger partial charge is 0.497 e. The van der Waals surface area contributed by atoms with Crippen LogP contribution in [0.4, 0.5) is 16.3 Å². The average molecular weight is 575 g/mol. The van der Waals surface area contributed by atoms with Gasteiger partial charge in [-0.2, -0.15) is 5.10 Å². The summed E-state index contributed by atoms with van der Waals surface area (Å²) >= 11 is 0. The molecular formula is C31H42N8O3. The lowest BCUT2D eigenvalue weighted by Gasteiger charge is -2.32. The number of nitrogens with zero attached hydrogens (tertiary/aromatic N) is 5. The third-order valence-corrected chi connectivity index (χ3v) is 7.62. The fourth-order valence-electron chi connectivity index (χ4n) is 5.21. The van der Waals surface area contributed by atoms with E-state index in [9.17, 15) is 4.79 Å². The first kappa shape index (κ1) is 29.6. The van der Waals surface area contributed by atoms with E-state index in [-0.39, 0.29) is 17.5 Å². The molecule has 0 bridgehead atoms. The summed E-state index contributed by atoms with van der Waals surface area (Å²) in [5, 5.41) is 11.0. The second kappa shape index (κ2) is 12.9. The number of likely N-dealkylation sites (tertiary alicyclic amines) is 1. The zero-order valence-corrected chi connectivity index (χ0v) is 25.0. The smallest absolute Gasteiger partial charge is 0.324 e. The van der Waals surface area contributed by atoms with E-state index in [1.807, 2.05) is 57.8 Å². The molecule has 42 heavy (non-hydrogen) atoms. The minimum atomic E-state index is -0.306. The van der Waals surface area contributed by atoms with Gasteiger partial charge in [0.25, 0.3) is 0 Å². The van der Waals surface area contributed by atoms with Crippen molar-refractivity contribution in [2.45, 2.75) is 45.1 Å². The van der Waals surface area contributed by atoms with Gasteiger partial charge >= 0.3 is 6.03 Å². The lowest BCUT2D eigenvalue weighted by atomic mass is 9.92. The molecule has 1 fully saturated rings. The van der Waals surface area contributed by atoms with Crippen molar-refractivity contribution in [1.82, 2.24) is 24.2 Å². The average Bonchev–Trinajstić information content (AvgIpc) is 3.60. The highest BCUT2D eigenvalue weighted by Crippen LogP contribution is 2.31. The van der Waals surface area contributed by atoms with Gasteiger partial charge in [0.1, 0.15) is 17.9 Å². The van der Waals surface area contributed by atoms with E-state index in [0.29, 0.717) is 31.3 Å². The highest BCUT2D eigenvalue weighted by molar-refractivity contribution is 5.99. The topological polar surface area (TPSA) is 124 Å². The number of carbonyl (C=O) groups excluding carboxylic acids is 1. The number of carbonyl (C=O) groups is 1. The van der Waals surface area contributed by atoms with Crippen LogP contribution >= 0.6 is 0 Å². The van der Waals surface area contributed by atoms with Crippen molar-refractivity contribution in [2.75, 3.05) is 57.1 Å². The summed E-state index contributed by atoms with van der Waals surface area (Å²) in [7, 11) is 1.64. The molecule has 11 heteroatoms. The number of hydrogen-bond donors (Lipinski definition) is 3. The first-order chi connectivity index (χ1) is 20.2. The number of amides is 2. The number of nitrogens with one attached hydrogen (secondary N) is 2. The molecule has 0 atom stereocenters. The van der Waals surface area contributed by atoms with Crippen molar-refractivity contribution in [3.05, 3.63) is 60.6 Å². The van der Waals surface area contributed by atoms with Crippen LogP contribution in [0.5, 0.6) is 5.75 Å². The summed E-state index contributed by atoms with van der Waals surface area (Å²) in [6.45, 7) is 11.1. The van der Waals surface area contributed by atoms with E-state index in [0.717, 1.165) is 60.6 Å². The SMILES string of the molecule is COc1ccc2c(c1)ncn2-c1ccc(NC(=O)Nc2cc(C(C)(C)C)nn2C2CCN(CCOCCN)CC2)cc1. The Balaban J connectivity index is 1.24. The first-order valence-corrected chi connectivity index (χ1v) is 14.5. The van der Waals surface area contributed by atoms with Gasteiger partial charge in [0, 0.05) is 55.1 Å². The Labute approximate surface area is 247 Å². The standard InChI is InChI=1S/C31H42N8O3/c1-31(2,3)28-20-29(39(36-28)24-11-14-37(15-12-24)16-18-42-17-13-32)35-30(40)34-22-5-7-23(8-6-22)38-21-33-26-19-25(41-4)9-10-27(26)38/h5-10,19-21,24H,11-18,32H2,1-4H3,(H2,34,35,40). The number of hydrogen-bond acceptors (Lipinski definition) is 7. The fraction of sp³-hybridized carbons (Fsp3) is 0.452. The summed E-state index contributed by atoms with van der Waals surface area (Å²) < 4.78 is 14.9. The maximum Gasteiger partial charge on any atom is 0.324 e. The molecule has 5 rings (SSSR count). The third kappa shape index (κ3) is 6.92. The van der Waals surface area contributed by atoms with Crippen molar-refractivity contribution in [3.63, 3.8) is 0 Å². The molecule has 0 radical (unpaired) electrons. The first-order valence-electron chi connectivity index (χ1n) is 14.5. The number of fused-ring (bicyclic) bond motifs is 1. The number of piperidine rings is 1. The highest BCUT2D eigenvalue weighted by Gasteiger charge is 2.27. The summed E-state index contributed by atoms with van der Waals surface area (Å²) in [5.74, 6) is 1.47. The zero-order chi connectivity index (χ0) is 29.7. The fourth-order valence-corrected chi connectivity index (χ4v) is 5.21. The minimum absolute atomic E-state index is 0.141. The Bertz CT molecular complexity index is 1480. The molecule has 1 aliphatic rings. The van der Waals surface area contributed by atoms with Crippen LogP contribution in [0.15, 0.2) is 54.9 Å². The lowest BCUT2D eigenvalue weighted by Crippen LogP contribution is -2.37. The van der Waals surface area contributed by atoms with Gasteiger partial charge in [0.15, 0.2) is 0 Å². The maximum atomic E-state index is 13.1. The molecule has 0 saturated carbocycles. The van der Waals surface area contributed by atoms with Crippen molar-refractivity contribution in [2.24, 2.45) is 5.73 Å². The van der Waals surface area contributed by atoms with Crippen LogP contribution in [-0.4, -0.2) is 76.8 Å². The number of benzene rings is 2. The number of anilines is 2. The van der Waals surface area contributed by atoms with Gasteiger partial charge in [-0.1, -0.05) is 20.8 Å². The van der Waals surface area contributed by atoms with Crippen LogP contribution < -0.4 is 21.1 Å². The van der Waals surface area contributed by atoms with Crippen molar-refractivity contribution in [1.29, 1.82) is 0 Å².